The Hall–Kier alpha value is -2.31. The second-order valence-corrected chi connectivity index (χ2v) is 10.9. The van der Waals surface area contributed by atoms with Crippen molar-refractivity contribution < 1.29 is 4.79 Å². The number of amides is 1. The fourth-order valence-corrected chi connectivity index (χ4v) is 6.51. The predicted molar refractivity (Wildman–Crippen MR) is 138 cm³/mol. The Balaban J connectivity index is 1.40. The minimum Gasteiger partial charge on any atom is -0.384 e. The maximum atomic E-state index is 13.6. The van der Waals surface area contributed by atoms with Gasteiger partial charge in [0.15, 0.2) is 0 Å². The first kappa shape index (κ1) is 23.8. The molecule has 0 aromatic heterocycles. The van der Waals surface area contributed by atoms with E-state index in [1.807, 2.05) is 41.3 Å². The van der Waals surface area contributed by atoms with Gasteiger partial charge in [-0.1, -0.05) is 50.6 Å². The molecular formula is C27H36N4OS. The Morgan fingerprint density at radius 2 is 1.76 bits per heavy atom. The van der Waals surface area contributed by atoms with Gasteiger partial charge in [-0.05, 0) is 61.4 Å². The molecule has 1 saturated heterocycles. The summed E-state index contributed by atoms with van der Waals surface area (Å²) in [6.07, 6.45) is 4.66. The number of rotatable bonds is 8. The van der Waals surface area contributed by atoms with E-state index in [0.29, 0.717) is 5.56 Å². The Morgan fingerprint density at radius 3 is 2.52 bits per heavy atom. The van der Waals surface area contributed by atoms with Gasteiger partial charge in [0.05, 0.1) is 5.69 Å². The molecule has 2 aliphatic heterocycles. The molecule has 33 heavy (non-hydrogen) atoms. The predicted octanol–water partition coefficient (Wildman–Crippen LogP) is 5.30. The number of likely N-dealkylation sites (tertiary alicyclic amines) is 1. The van der Waals surface area contributed by atoms with Crippen molar-refractivity contribution in [3.05, 3.63) is 59.7 Å². The van der Waals surface area contributed by atoms with E-state index < -0.39 is 0 Å². The highest BCUT2D eigenvalue weighted by molar-refractivity contribution is 8.00. The third-order valence-electron chi connectivity index (χ3n) is 6.69. The van der Waals surface area contributed by atoms with Crippen LogP contribution in [-0.4, -0.2) is 42.8 Å². The Labute approximate surface area is 202 Å². The van der Waals surface area contributed by atoms with Gasteiger partial charge in [0, 0.05) is 30.1 Å². The number of para-hydroxylation sites is 1. The summed E-state index contributed by atoms with van der Waals surface area (Å²) in [4.78, 5) is 19.3. The number of thioether (sulfide) groups is 1. The minimum absolute atomic E-state index is 0.0276. The molecule has 3 atom stereocenters. The van der Waals surface area contributed by atoms with Crippen molar-refractivity contribution in [1.82, 2.24) is 4.90 Å². The van der Waals surface area contributed by atoms with E-state index in [0.717, 1.165) is 53.9 Å². The average molecular weight is 465 g/mol. The number of nitrogens with zero attached hydrogens (tertiary/aromatic N) is 2. The molecule has 4 rings (SSSR count). The number of nitrogens with two attached hydrogens (primary N) is 1. The van der Waals surface area contributed by atoms with Crippen LogP contribution in [0.2, 0.25) is 0 Å². The third kappa shape index (κ3) is 5.79. The average Bonchev–Trinajstić information content (AvgIpc) is 2.79. The fourth-order valence-electron chi connectivity index (χ4n) is 5.28. The summed E-state index contributed by atoms with van der Waals surface area (Å²) < 4.78 is 0. The summed E-state index contributed by atoms with van der Waals surface area (Å²) in [7, 11) is 0. The molecule has 2 aromatic rings. The topological polar surface area (TPSA) is 73.4 Å². The zero-order valence-electron chi connectivity index (χ0n) is 19.8. The number of hydrogen-bond donors (Lipinski definition) is 2. The third-order valence-corrected chi connectivity index (χ3v) is 8.00. The molecule has 0 bridgehead atoms. The zero-order chi connectivity index (χ0) is 23.4. The van der Waals surface area contributed by atoms with Crippen molar-refractivity contribution in [1.29, 1.82) is 5.41 Å². The van der Waals surface area contributed by atoms with E-state index in [2.05, 4.69) is 30.9 Å². The molecule has 1 amide bonds. The molecule has 0 aliphatic carbocycles. The second-order valence-electron chi connectivity index (χ2n) is 9.76. The lowest BCUT2D eigenvalue weighted by molar-refractivity contribution is -0.118. The van der Waals surface area contributed by atoms with Crippen molar-refractivity contribution in [3.63, 3.8) is 0 Å². The summed E-state index contributed by atoms with van der Waals surface area (Å²) in [5.74, 6) is 1.75. The van der Waals surface area contributed by atoms with Crippen LogP contribution in [0.4, 0.5) is 5.69 Å². The summed E-state index contributed by atoms with van der Waals surface area (Å²) in [6, 6.07) is 15.7. The van der Waals surface area contributed by atoms with Crippen LogP contribution in [0.15, 0.2) is 53.4 Å². The molecule has 2 aromatic carbocycles. The Bertz CT molecular complexity index is 984. The number of nitrogens with one attached hydrogen (secondary N) is 1. The van der Waals surface area contributed by atoms with Crippen LogP contribution in [0.1, 0.15) is 55.9 Å². The molecule has 2 aliphatic rings. The van der Waals surface area contributed by atoms with Crippen LogP contribution < -0.4 is 10.6 Å². The van der Waals surface area contributed by atoms with Crippen LogP contribution >= 0.6 is 11.8 Å². The highest BCUT2D eigenvalue weighted by Gasteiger charge is 2.34. The molecule has 3 unspecified atom stereocenters. The van der Waals surface area contributed by atoms with Crippen LogP contribution in [0.3, 0.4) is 0 Å². The Morgan fingerprint density at radius 1 is 1.03 bits per heavy atom. The number of piperidine rings is 1. The molecular weight excluding hydrogens is 428 g/mol. The zero-order valence-corrected chi connectivity index (χ0v) is 20.6. The second kappa shape index (κ2) is 10.7. The van der Waals surface area contributed by atoms with Crippen LogP contribution in [0.5, 0.6) is 0 Å². The van der Waals surface area contributed by atoms with Crippen LogP contribution in [0.25, 0.3) is 0 Å². The van der Waals surface area contributed by atoms with Gasteiger partial charge < -0.3 is 15.5 Å². The smallest absolute Gasteiger partial charge is 0.245 e. The molecule has 0 saturated carbocycles. The van der Waals surface area contributed by atoms with Crippen molar-refractivity contribution in [2.75, 3.05) is 31.1 Å². The van der Waals surface area contributed by atoms with Gasteiger partial charge in [0.2, 0.25) is 5.91 Å². The van der Waals surface area contributed by atoms with E-state index in [1.165, 1.54) is 25.9 Å². The minimum atomic E-state index is -0.310. The standard InChI is InChI=1S/C27H36N4OS/c1-19-15-20(2)18-30(17-19)13-6-3-7-14-31-23-11-4-5-12-24(23)33-25(27(31)32)21-9-8-10-22(16-21)26(28)29/h4-5,8-12,16,19-20,25H,3,6-7,13-15,17-18H2,1-2H3,(H3,28,29). The molecule has 5 nitrogen and oxygen atoms in total. The SMILES string of the molecule is CC1CC(C)CN(CCCCCN2C(=O)C(c3cccc(C(=N)N)c3)Sc3ccccc32)C1. The van der Waals surface area contributed by atoms with Gasteiger partial charge in [0.1, 0.15) is 11.1 Å². The first-order valence-electron chi connectivity index (χ1n) is 12.2. The lowest BCUT2D eigenvalue weighted by Crippen LogP contribution is -2.39. The largest absolute Gasteiger partial charge is 0.384 e. The first-order chi connectivity index (χ1) is 15.9. The van der Waals surface area contributed by atoms with Crippen molar-refractivity contribution in [2.24, 2.45) is 17.6 Å². The highest BCUT2D eigenvalue weighted by Crippen LogP contribution is 2.46. The Kier molecular flexibility index (Phi) is 7.76. The number of carbonyl (C=O) groups excluding carboxylic acids is 1. The number of fused-ring (bicyclic) bond motifs is 1. The van der Waals surface area contributed by atoms with Crippen molar-refractivity contribution in [2.45, 2.75) is 49.7 Å². The van der Waals surface area contributed by atoms with Gasteiger partial charge in [-0.3, -0.25) is 10.2 Å². The number of hydrogen-bond acceptors (Lipinski definition) is 4. The molecule has 1 fully saturated rings. The summed E-state index contributed by atoms with van der Waals surface area (Å²) in [5, 5.41) is 7.44. The molecule has 6 heteroatoms. The summed E-state index contributed by atoms with van der Waals surface area (Å²) >= 11 is 1.60. The molecule has 2 heterocycles. The van der Waals surface area contributed by atoms with Crippen LogP contribution in [-0.2, 0) is 4.79 Å². The van der Waals surface area contributed by atoms with Gasteiger partial charge in [-0.25, -0.2) is 0 Å². The van der Waals surface area contributed by atoms with Crippen molar-refractivity contribution >= 4 is 29.2 Å². The lowest BCUT2D eigenvalue weighted by atomic mass is 9.92. The van der Waals surface area contributed by atoms with Gasteiger partial charge in [-0.2, -0.15) is 0 Å². The van der Waals surface area contributed by atoms with E-state index in [-0.39, 0.29) is 17.0 Å². The van der Waals surface area contributed by atoms with Gasteiger partial charge >= 0.3 is 0 Å². The maximum absolute atomic E-state index is 13.6. The molecule has 176 valence electrons. The normalized spacial score (nSPS) is 23.4. The monoisotopic (exact) mass is 464 g/mol. The maximum Gasteiger partial charge on any atom is 0.245 e. The number of amidine groups is 1. The molecule has 0 radical (unpaired) electrons. The fraction of sp³-hybridized carbons (Fsp3) is 0.481. The van der Waals surface area contributed by atoms with Crippen LogP contribution in [0, 0.1) is 17.2 Å². The number of carbonyl (C=O) groups is 1. The van der Waals surface area contributed by atoms with Gasteiger partial charge in [-0.15, -0.1) is 11.8 Å². The summed E-state index contributed by atoms with van der Waals surface area (Å²) in [5.41, 5.74) is 8.28. The molecule has 0 spiro atoms. The number of unbranched alkanes of at least 4 members (excludes halogenated alkanes) is 2. The van der Waals surface area contributed by atoms with Crippen molar-refractivity contribution in [3.8, 4) is 0 Å². The number of nitrogen functional groups attached to an aromatic ring is 1. The quantitative estimate of drug-likeness (QED) is 0.316. The lowest BCUT2D eigenvalue weighted by Gasteiger charge is -2.35. The number of anilines is 1. The summed E-state index contributed by atoms with van der Waals surface area (Å²) in [6.45, 7) is 9.08. The van der Waals surface area contributed by atoms with E-state index >= 15 is 0 Å². The van der Waals surface area contributed by atoms with E-state index in [1.54, 1.807) is 11.8 Å². The van der Waals surface area contributed by atoms with E-state index in [4.69, 9.17) is 11.1 Å². The highest BCUT2D eigenvalue weighted by atomic mass is 32.2. The first-order valence-corrected chi connectivity index (χ1v) is 13.0. The number of benzene rings is 2. The van der Waals surface area contributed by atoms with Gasteiger partial charge in [0.25, 0.3) is 0 Å². The van der Waals surface area contributed by atoms with E-state index in [9.17, 15) is 4.79 Å². The molecule has 3 N–H and O–H groups in total.